The van der Waals surface area contributed by atoms with Gasteiger partial charge in [0.25, 0.3) is 0 Å². The highest BCUT2D eigenvalue weighted by molar-refractivity contribution is 5.69. The smallest absolute Gasteiger partial charge is 0.408 e. The van der Waals surface area contributed by atoms with Crippen LogP contribution in [0.25, 0.3) is 0 Å². The molecule has 2 rings (SSSR count). The van der Waals surface area contributed by atoms with Crippen LogP contribution in [-0.2, 0) is 11.3 Å². The van der Waals surface area contributed by atoms with Crippen molar-refractivity contribution in [1.29, 1.82) is 5.26 Å². The molecule has 0 heterocycles. The number of hydrogen-bond acceptors (Lipinski definition) is 5. The Morgan fingerprint density at radius 3 is 2.50 bits per heavy atom. The minimum atomic E-state index is -0.918. The van der Waals surface area contributed by atoms with Crippen molar-refractivity contribution in [2.75, 3.05) is 14.2 Å². The predicted octanol–water partition coefficient (Wildman–Crippen LogP) is 3.19. The van der Waals surface area contributed by atoms with Crippen LogP contribution in [0.15, 0.2) is 48.5 Å². The molecule has 0 radical (unpaired) electrons. The van der Waals surface area contributed by atoms with Gasteiger partial charge in [-0.3, -0.25) is 0 Å². The van der Waals surface area contributed by atoms with Gasteiger partial charge in [0.05, 0.1) is 20.3 Å². The van der Waals surface area contributed by atoms with Crippen LogP contribution in [0, 0.1) is 11.3 Å². The summed E-state index contributed by atoms with van der Waals surface area (Å²) in [5.74, 6) is 0.879. The molecule has 1 unspecified atom stereocenters. The van der Waals surface area contributed by atoms with Crippen molar-refractivity contribution in [3.63, 3.8) is 0 Å². The van der Waals surface area contributed by atoms with E-state index in [-0.39, 0.29) is 6.61 Å². The van der Waals surface area contributed by atoms with E-state index in [1.807, 2.05) is 36.4 Å². The van der Waals surface area contributed by atoms with Crippen molar-refractivity contribution in [3.05, 3.63) is 59.7 Å². The minimum absolute atomic E-state index is 0.125. The molecule has 0 saturated heterocycles. The van der Waals surface area contributed by atoms with Gasteiger partial charge in [0, 0.05) is 5.56 Å². The van der Waals surface area contributed by atoms with E-state index in [1.165, 1.54) is 14.2 Å². The molecule has 2 aromatic carbocycles. The van der Waals surface area contributed by atoms with Crippen LogP contribution in [0.3, 0.4) is 0 Å². The lowest BCUT2D eigenvalue weighted by Gasteiger charge is -2.17. The standard InChI is InChI=1S/C18H18N2O4/c1-22-16-10-6-9-14(17(16)23-2)15(11-19)20-18(21)24-12-13-7-4-3-5-8-13/h3-10,15H,12H2,1-2H3,(H,20,21). The zero-order chi connectivity index (χ0) is 17.4. The molecular formula is C18H18N2O4. The Hall–Kier alpha value is -3.20. The largest absolute Gasteiger partial charge is 0.493 e. The molecule has 0 bridgehead atoms. The van der Waals surface area contributed by atoms with Crippen molar-refractivity contribution in [2.24, 2.45) is 0 Å². The Bertz CT molecular complexity index is 726. The SMILES string of the molecule is COc1cccc(C(C#N)NC(=O)OCc2ccccc2)c1OC. The summed E-state index contributed by atoms with van der Waals surface area (Å²) < 4.78 is 15.6. The van der Waals surface area contributed by atoms with Gasteiger partial charge in [0.15, 0.2) is 11.5 Å². The number of methoxy groups -OCH3 is 2. The fourth-order valence-corrected chi connectivity index (χ4v) is 2.20. The molecule has 1 amide bonds. The maximum atomic E-state index is 12.0. The van der Waals surface area contributed by atoms with E-state index in [4.69, 9.17) is 14.2 Å². The normalized spacial score (nSPS) is 11.0. The second kappa shape index (κ2) is 8.44. The summed E-state index contributed by atoms with van der Waals surface area (Å²) in [6, 6.07) is 15.5. The van der Waals surface area contributed by atoms with E-state index in [0.29, 0.717) is 17.1 Å². The summed E-state index contributed by atoms with van der Waals surface area (Å²) in [4.78, 5) is 12.0. The Morgan fingerprint density at radius 1 is 1.12 bits per heavy atom. The lowest BCUT2D eigenvalue weighted by Crippen LogP contribution is -2.28. The number of benzene rings is 2. The molecule has 0 aliphatic heterocycles. The number of rotatable bonds is 6. The number of carbonyl (C=O) groups excluding carboxylic acids is 1. The lowest BCUT2D eigenvalue weighted by molar-refractivity contribution is 0.137. The van der Waals surface area contributed by atoms with E-state index < -0.39 is 12.1 Å². The number of carbonyl (C=O) groups is 1. The highest BCUT2D eigenvalue weighted by Crippen LogP contribution is 2.34. The number of alkyl carbamates (subject to hydrolysis) is 1. The molecule has 124 valence electrons. The summed E-state index contributed by atoms with van der Waals surface area (Å²) in [7, 11) is 2.98. The predicted molar refractivity (Wildman–Crippen MR) is 87.7 cm³/mol. The van der Waals surface area contributed by atoms with Crippen LogP contribution in [0.2, 0.25) is 0 Å². The third-order valence-corrected chi connectivity index (χ3v) is 3.35. The van der Waals surface area contributed by atoms with Gasteiger partial charge in [-0.25, -0.2) is 4.79 Å². The Balaban J connectivity index is 2.07. The second-order valence-corrected chi connectivity index (χ2v) is 4.85. The first-order valence-corrected chi connectivity index (χ1v) is 7.27. The van der Waals surface area contributed by atoms with E-state index in [2.05, 4.69) is 5.32 Å². The van der Waals surface area contributed by atoms with Crippen LogP contribution < -0.4 is 14.8 Å². The Kier molecular flexibility index (Phi) is 6.03. The zero-order valence-corrected chi connectivity index (χ0v) is 13.5. The van der Waals surface area contributed by atoms with E-state index in [9.17, 15) is 10.1 Å². The number of amides is 1. The molecule has 1 atom stereocenters. The van der Waals surface area contributed by atoms with Crippen molar-refractivity contribution < 1.29 is 19.0 Å². The molecule has 2 aromatic rings. The van der Waals surface area contributed by atoms with Gasteiger partial charge in [0.1, 0.15) is 12.6 Å². The first kappa shape index (κ1) is 17.2. The first-order valence-electron chi connectivity index (χ1n) is 7.27. The third kappa shape index (κ3) is 4.17. The van der Waals surface area contributed by atoms with Crippen molar-refractivity contribution >= 4 is 6.09 Å². The summed E-state index contributed by atoms with van der Waals surface area (Å²) >= 11 is 0. The van der Waals surface area contributed by atoms with Crippen molar-refractivity contribution in [2.45, 2.75) is 12.6 Å². The van der Waals surface area contributed by atoms with E-state index in [0.717, 1.165) is 5.56 Å². The average molecular weight is 326 g/mol. The number of nitrogens with one attached hydrogen (secondary N) is 1. The van der Waals surface area contributed by atoms with Crippen LogP contribution in [-0.4, -0.2) is 20.3 Å². The second-order valence-electron chi connectivity index (χ2n) is 4.85. The third-order valence-electron chi connectivity index (χ3n) is 3.35. The van der Waals surface area contributed by atoms with Crippen molar-refractivity contribution in [1.82, 2.24) is 5.32 Å². The van der Waals surface area contributed by atoms with Gasteiger partial charge in [0.2, 0.25) is 0 Å². The molecule has 6 heteroatoms. The molecule has 0 saturated carbocycles. The van der Waals surface area contributed by atoms with Crippen LogP contribution in [0.4, 0.5) is 4.79 Å². The van der Waals surface area contributed by atoms with Gasteiger partial charge >= 0.3 is 6.09 Å². The Labute approximate surface area is 140 Å². The molecule has 6 nitrogen and oxygen atoms in total. The highest BCUT2D eigenvalue weighted by Gasteiger charge is 2.21. The Morgan fingerprint density at radius 2 is 1.88 bits per heavy atom. The average Bonchev–Trinajstić information content (AvgIpc) is 2.64. The maximum Gasteiger partial charge on any atom is 0.408 e. The lowest BCUT2D eigenvalue weighted by atomic mass is 10.1. The maximum absolute atomic E-state index is 12.0. The number of hydrogen-bond donors (Lipinski definition) is 1. The van der Waals surface area contributed by atoms with Crippen LogP contribution in [0.1, 0.15) is 17.2 Å². The minimum Gasteiger partial charge on any atom is -0.493 e. The molecule has 0 aliphatic carbocycles. The number of ether oxygens (including phenoxy) is 3. The monoisotopic (exact) mass is 326 g/mol. The van der Waals surface area contributed by atoms with Crippen molar-refractivity contribution in [3.8, 4) is 17.6 Å². The van der Waals surface area contributed by atoms with Gasteiger partial charge in [-0.2, -0.15) is 5.26 Å². The zero-order valence-electron chi connectivity index (χ0n) is 13.5. The topological polar surface area (TPSA) is 80.6 Å². The van der Waals surface area contributed by atoms with E-state index in [1.54, 1.807) is 18.2 Å². The molecule has 1 N–H and O–H groups in total. The highest BCUT2D eigenvalue weighted by atomic mass is 16.5. The molecule has 0 spiro atoms. The summed E-state index contributed by atoms with van der Waals surface area (Å²) in [5, 5.41) is 11.9. The molecule has 24 heavy (non-hydrogen) atoms. The fraction of sp³-hybridized carbons (Fsp3) is 0.222. The first-order chi connectivity index (χ1) is 11.7. The summed E-state index contributed by atoms with van der Waals surface area (Å²) in [6.45, 7) is 0.125. The number of nitrogens with zero attached hydrogens (tertiary/aromatic N) is 1. The quantitative estimate of drug-likeness (QED) is 0.881. The molecule has 0 fully saturated rings. The fourth-order valence-electron chi connectivity index (χ4n) is 2.20. The van der Waals surface area contributed by atoms with E-state index >= 15 is 0 Å². The van der Waals surface area contributed by atoms with Gasteiger partial charge < -0.3 is 19.5 Å². The van der Waals surface area contributed by atoms with Crippen LogP contribution in [0.5, 0.6) is 11.5 Å². The van der Waals surface area contributed by atoms with Crippen LogP contribution >= 0.6 is 0 Å². The molecule has 0 aliphatic rings. The number of para-hydroxylation sites is 1. The molecule has 0 aromatic heterocycles. The van der Waals surface area contributed by atoms with Gasteiger partial charge in [-0.15, -0.1) is 0 Å². The van der Waals surface area contributed by atoms with Gasteiger partial charge in [-0.1, -0.05) is 42.5 Å². The number of nitriles is 1. The molecular weight excluding hydrogens is 308 g/mol. The summed E-state index contributed by atoms with van der Waals surface area (Å²) in [6.07, 6.45) is -0.685. The van der Waals surface area contributed by atoms with Gasteiger partial charge in [-0.05, 0) is 11.6 Å². The summed E-state index contributed by atoms with van der Waals surface area (Å²) in [5.41, 5.74) is 1.36.